The van der Waals surface area contributed by atoms with Crippen LogP contribution in [0.4, 0.5) is 0 Å². The second-order valence-corrected chi connectivity index (χ2v) is 13.6. The molecule has 0 bridgehead atoms. The molecule has 1 atom stereocenters. The molecule has 1 unspecified atom stereocenters. The zero-order valence-corrected chi connectivity index (χ0v) is 27.6. The Hall–Kier alpha value is -5.81. The highest BCUT2D eigenvalue weighted by atomic mass is 15.0. The van der Waals surface area contributed by atoms with Crippen molar-refractivity contribution >= 4 is 5.57 Å². The van der Waals surface area contributed by atoms with Gasteiger partial charge in [0, 0.05) is 51.0 Å². The first kappa shape index (κ1) is 29.3. The number of hydrogen-bond donors (Lipinski definition) is 0. The molecule has 5 heteroatoms. The second kappa shape index (κ2) is 11.7. The standard InChI is InChI=1S/C44H35N5/c1-44(2)36-17-7-6-16-34(36)35-22-21-30(27-37(35)44)42-47-41(29-12-4-3-5-13-29)48-43(49-42)33-25-31(38-18-8-9-23-45-38)24-32(26-33)40-20-11-19-39(46-40)28-14-10-15-28/h3-5,7-14,17-28H,6,15-16H2,1-2H3. The molecule has 0 N–H and O–H groups in total. The molecule has 0 radical (unpaired) electrons. The molecule has 0 saturated carbocycles. The first-order chi connectivity index (χ1) is 24.0. The lowest BCUT2D eigenvalue weighted by atomic mass is 9.79. The topological polar surface area (TPSA) is 64.5 Å². The van der Waals surface area contributed by atoms with Crippen molar-refractivity contribution in [3.05, 3.63) is 156 Å². The van der Waals surface area contributed by atoms with Gasteiger partial charge < -0.3 is 0 Å². The van der Waals surface area contributed by atoms with Gasteiger partial charge in [-0.2, -0.15) is 0 Å². The van der Waals surface area contributed by atoms with Crippen LogP contribution >= 0.6 is 0 Å². The van der Waals surface area contributed by atoms with Gasteiger partial charge in [-0.1, -0.05) is 92.7 Å². The van der Waals surface area contributed by atoms with Crippen molar-refractivity contribution in [2.75, 3.05) is 0 Å². The fourth-order valence-electron chi connectivity index (χ4n) is 7.38. The maximum absolute atomic E-state index is 5.20. The van der Waals surface area contributed by atoms with Gasteiger partial charge in [-0.15, -0.1) is 0 Å². The van der Waals surface area contributed by atoms with Crippen molar-refractivity contribution in [3.8, 4) is 56.7 Å². The van der Waals surface area contributed by atoms with E-state index in [2.05, 4.69) is 105 Å². The van der Waals surface area contributed by atoms with Gasteiger partial charge in [0.25, 0.3) is 0 Å². The maximum atomic E-state index is 5.20. The quantitative estimate of drug-likeness (QED) is 0.171. The van der Waals surface area contributed by atoms with Crippen LogP contribution in [-0.4, -0.2) is 24.9 Å². The number of benzene rings is 3. The number of rotatable bonds is 6. The number of aromatic nitrogens is 5. The van der Waals surface area contributed by atoms with Gasteiger partial charge >= 0.3 is 0 Å². The highest BCUT2D eigenvalue weighted by Gasteiger charge is 2.37. The molecule has 3 aliphatic rings. The van der Waals surface area contributed by atoms with Crippen LogP contribution in [0.3, 0.4) is 0 Å². The van der Waals surface area contributed by atoms with Gasteiger partial charge in [0.2, 0.25) is 0 Å². The maximum Gasteiger partial charge on any atom is 0.164 e. The average Bonchev–Trinajstić information content (AvgIpc) is 3.37. The molecule has 3 aromatic heterocycles. The van der Waals surface area contributed by atoms with Crippen LogP contribution in [0.5, 0.6) is 0 Å². The Bertz CT molecular complexity index is 2330. The number of hydrogen-bond acceptors (Lipinski definition) is 5. The molecule has 6 aromatic rings. The fourth-order valence-corrected chi connectivity index (χ4v) is 7.38. The Labute approximate surface area is 286 Å². The number of allylic oxidation sites excluding steroid dienone is 6. The third-order valence-corrected chi connectivity index (χ3v) is 10.1. The summed E-state index contributed by atoms with van der Waals surface area (Å²) in [5, 5.41) is 0. The number of pyridine rings is 2. The van der Waals surface area contributed by atoms with E-state index in [4.69, 9.17) is 24.9 Å². The van der Waals surface area contributed by atoms with E-state index in [0.29, 0.717) is 23.4 Å². The van der Waals surface area contributed by atoms with Crippen molar-refractivity contribution in [1.29, 1.82) is 0 Å². The third kappa shape index (κ3) is 5.23. The molecule has 236 valence electrons. The smallest absolute Gasteiger partial charge is 0.164 e. The van der Waals surface area contributed by atoms with Gasteiger partial charge in [-0.25, -0.2) is 15.0 Å². The molecule has 3 aliphatic carbocycles. The Morgan fingerprint density at radius 1 is 0.612 bits per heavy atom. The van der Waals surface area contributed by atoms with E-state index in [9.17, 15) is 0 Å². The SMILES string of the molecule is CC1(C)C2=C(CCC=C2)c2ccc(-c3nc(-c4ccccc4)nc(-c4cc(-c5ccccn5)cc(-c5cccc(C6C=CC6)n5)c4)n3)cc21. The zero-order valence-electron chi connectivity index (χ0n) is 27.6. The van der Waals surface area contributed by atoms with E-state index in [-0.39, 0.29) is 5.41 Å². The first-order valence-corrected chi connectivity index (χ1v) is 17.1. The highest BCUT2D eigenvalue weighted by Crippen LogP contribution is 2.50. The fraction of sp³-hybridized carbons (Fsp3) is 0.159. The Balaban J connectivity index is 1.22. The van der Waals surface area contributed by atoms with E-state index >= 15 is 0 Å². The van der Waals surface area contributed by atoms with Crippen molar-refractivity contribution < 1.29 is 0 Å². The molecular formula is C44H35N5. The first-order valence-electron chi connectivity index (χ1n) is 17.1. The Morgan fingerprint density at radius 2 is 1.33 bits per heavy atom. The van der Waals surface area contributed by atoms with E-state index in [1.807, 2.05) is 42.6 Å². The molecule has 0 aliphatic heterocycles. The summed E-state index contributed by atoms with van der Waals surface area (Å²) >= 11 is 0. The lowest BCUT2D eigenvalue weighted by Gasteiger charge is -2.24. The van der Waals surface area contributed by atoms with Crippen molar-refractivity contribution in [1.82, 2.24) is 24.9 Å². The molecule has 9 rings (SSSR count). The van der Waals surface area contributed by atoms with Gasteiger partial charge in [0.05, 0.1) is 11.4 Å². The molecule has 0 fully saturated rings. The van der Waals surface area contributed by atoms with Crippen molar-refractivity contribution in [3.63, 3.8) is 0 Å². The van der Waals surface area contributed by atoms with Gasteiger partial charge in [0.15, 0.2) is 17.5 Å². The average molecular weight is 634 g/mol. The van der Waals surface area contributed by atoms with Gasteiger partial charge in [-0.3, -0.25) is 9.97 Å². The Kier molecular flexibility index (Phi) is 7.01. The lowest BCUT2D eigenvalue weighted by Crippen LogP contribution is -2.16. The summed E-state index contributed by atoms with van der Waals surface area (Å²) in [5.41, 5.74) is 13.2. The predicted octanol–water partition coefficient (Wildman–Crippen LogP) is 10.4. The number of fused-ring (bicyclic) bond motifs is 2. The van der Waals surface area contributed by atoms with Crippen molar-refractivity contribution in [2.45, 2.75) is 44.4 Å². The molecule has 49 heavy (non-hydrogen) atoms. The third-order valence-electron chi connectivity index (χ3n) is 10.1. The minimum absolute atomic E-state index is 0.0849. The number of nitrogens with zero attached hydrogens (tertiary/aromatic N) is 5. The summed E-state index contributed by atoms with van der Waals surface area (Å²) in [6.45, 7) is 4.66. The van der Waals surface area contributed by atoms with Crippen LogP contribution in [0.2, 0.25) is 0 Å². The molecule has 0 saturated heterocycles. The minimum Gasteiger partial charge on any atom is -0.256 e. The van der Waals surface area contributed by atoms with Gasteiger partial charge in [-0.05, 0) is 90.1 Å². The summed E-state index contributed by atoms with van der Waals surface area (Å²) in [5.74, 6) is 2.28. The zero-order chi connectivity index (χ0) is 33.0. The van der Waals surface area contributed by atoms with E-state index < -0.39 is 0 Å². The summed E-state index contributed by atoms with van der Waals surface area (Å²) in [6, 6.07) is 35.7. The summed E-state index contributed by atoms with van der Waals surface area (Å²) in [7, 11) is 0. The van der Waals surface area contributed by atoms with Crippen LogP contribution in [0.25, 0.3) is 62.3 Å². The van der Waals surface area contributed by atoms with Crippen LogP contribution in [0.1, 0.15) is 55.8 Å². The van der Waals surface area contributed by atoms with E-state index in [1.165, 1.54) is 22.3 Å². The summed E-state index contributed by atoms with van der Waals surface area (Å²) < 4.78 is 0. The summed E-state index contributed by atoms with van der Waals surface area (Å²) in [4.78, 5) is 25.2. The van der Waals surface area contributed by atoms with Crippen LogP contribution in [-0.2, 0) is 5.41 Å². The molecular weight excluding hydrogens is 599 g/mol. The lowest BCUT2D eigenvalue weighted by molar-refractivity contribution is 0.651. The van der Waals surface area contributed by atoms with Crippen LogP contribution in [0.15, 0.2) is 139 Å². The minimum atomic E-state index is -0.0849. The monoisotopic (exact) mass is 633 g/mol. The van der Waals surface area contributed by atoms with Crippen LogP contribution in [0, 0.1) is 0 Å². The Morgan fingerprint density at radius 3 is 2.08 bits per heavy atom. The predicted molar refractivity (Wildman–Crippen MR) is 197 cm³/mol. The van der Waals surface area contributed by atoms with Crippen LogP contribution < -0.4 is 0 Å². The molecule has 0 amide bonds. The second-order valence-electron chi connectivity index (χ2n) is 13.6. The molecule has 3 aromatic carbocycles. The normalized spacial score (nSPS) is 17.1. The highest BCUT2D eigenvalue weighted by molar-refractivity contribution is 5.85. The van der Waals surface area contributed by atoms with Crippen molar-refractivity contribution in [2.24, 2.45) is 0 Å². The van der Waals surface area contributed by atoms with E-state index in [1.54, 1.807) is 0 Å². The summed E-state index contributed by atoms with van der Waals surface area (Å²) in [6.07, 6.45) is 14.1. The van der Waals surface area contributed by atoms with E-state index in [0.717, 1.165) is 64.2 Å². The molecule has 3 heterocycles. The largest absolute Gasteiger partial charge is 0.256 e. The molecule has 5 nitrogen and oxygen atoms in total. The van der Waals surface area contributed by atoms with Gasteiger partial charge in [0.1, 0.15) is 0 Å². The molecule has 0 spiro atoms.